The van der Waals surface area contributed by atoms with Crippen molar-refractivity contribution in [1.29, 1.82) is 0 Å². The highest BCUT2D eigenvalue weighted by Crippen LogP contribution is 2.26. The minimum Gasteiger partial charge on any atom is -0.497 e. The Balaban J connectivity index is 1.42. The first-order valence-corrected chi connectivity index (χ1v) is 10.3. The summed E-state index contributed by atoms with van der Waals surface area (Å²) in [6, 6.07) is 12.6. The highest BCUT2D eigenvalue weighted by molar-refractivity contribution is 5.94. The first-order chi connectivity index (χ1) is 15.5. The van der Waals surface area contributed by atoms with Crippen LogP contribution in [0.5, 0.6) is 11.6 Å². The highest BCUT2D eigenvalue weighted by atomic mass is 16.5. The van der Waals surface area contributed by atoms with Crippen LogP contribution in [0.1, 0.15) is 17.3 Å². The monoisotopic (exact) mass is 435 g/mol. The van der Waals surface area contributed by atoms with Crippen molar-refractivity contribution in [1.82, 2.24) is 14.9 Å². The number of aromatic nitrogens is 2. The number of fused-ring (bicyclic) bond motifs is 1. The standard InChI is InChI=1S/C23H25N5O4/c1-15(29)16-4-6-17(7-5-16)27-10-12-28(13-11-27)23(30)26-21-22(32-3)25-20-14-18(31-2)8-9-19(20)24-21/h4-9,14H,10-13H2,1-3H3,(H,24,26,30). The summed E-state index contributed by atoms with van der Waals surface area (Å²) in [6.45, 7) is 4.04. The van der Waals surface area contributed by atoms with Gasteiger partial charge in [-0.3, -0.25) is 10.1 Å². The molecule has 0 radical (unpaired) electrons. The summed E-state index contributed by atoms with van der Waals surface area (Å²) in [5.74, 6) is 1.23. The molecule has 1 aromatic heterocycles. The molecular formula is C23H25N5O4. The Labute approximate surface area is 186 Å². The second-order valence-corrected chi connectivity index (χ2v) is 7.44. The lowest BCUT2D eigenvalue weighted by Gasteiger charge is -2.36. The molecule has 2 aromatic carbocycles. The van der Waals surface area contributed by atoms with Gasteiger partial charge in [0.15, 0.2) is 11.6 Å². The summed E-state index contributed by atoms with van der Waals surface area (Å²) in [4.78, 5) is 37.2. The molecule has 0 spiro atoms. The van der Waals surface area contributed by atoms with E-state index in [0.29, 0.717) is 48.5 Å². The first-order valence-electron chi connectivity index (χ1n) is 10.3. The number of nitrogens with one attached hydrogen (secondary N) is 1. The van der Waals surface area contributed by atoms with Crippen LogP contribution in [0, 0.1) is 0 Å². The van der Waals surface area contributed by atoms with Gasteiger partial charge in [-0.25, -0.2) is 14.8 Å². The molecule has 2 amide bonds. The number of methoxy groups -OCH3 is 2. The van der Waals surface area contributed by atoms with Gasteiger partial charge in [0.25, 0.3) is 5.88 Å². The Morgan fingerprint density at radius 3 is 2.25 bits per heavy atom. The number of urea groups is 1. The van der Waals surface area contributed by atoms with Gasteiger partial charge in [0.1, 0.15) is 5.75 Å². The fourth-order valence-corrected chi connectivity index (χ4v) is 3.62. The van der Waals surface area contributed by atoms with Gasteiger partial charge >= 0.3 is 6.03 Å². The number of benzene rings is 2. The molecule has 1 aliphatic heterocycles. The molecule has 3 aromatic rings. The van der Waals surface area contributed by atoms with E-state index in [4.69, 9.17) is 9.47 Å². The SMILES string of the molecule is COc1ccc2nc(NC(=O)N3CCN(c4ccc(C(C)=O)cc4)CC3)c(OC)nc2c1. The lowest BCUT2D eigenvalue weighted by Crippen LogP contribution is -2.50. The van der Waals surface area contributed by atoms with Crippen molar-refractivity contribution in [2.75, 3.05) is 50.6 Å². The Kier molecular flexibility index (Phi) is 6.07. The number of ketones is 1. The smallest absolute Gasteiger partial charge is 0.323 e. The van der Waals surface area contributed by atoms with Crippen molar-refractivity contribution in [2.24, 2.45) is 0 Å². The maximum Gasteiger partial charge on any atom is 0.323 e. The van der Waals surface area contributed by atoms with E-state index in [0.717, 1.165) is 5.69 Å². The number of piperazine rings is 1. The molecule has 32 heavy (non-hydrogen) atoms. The summed E-state index contributed by atoms with van der Waals surface area (Å²) in [6.07, 6.45) is 0. The van der Waals surface area contributed by atoms with Crippen molar-refractivity contribution >= 4 is 34.4 Å². The third-order valence-electron chi connectivity index (χ3n) is 5.46. The number of amides is 2. The zero-order valence-electron chi connectivity index (χ0n) is 18.3. The van der Waals surface area contributed by atoms with Gasteiger partial charge in [-0.2, -0.15) is 0 Å². The molecule has 0 bridgehead atoms. The Hall–Kier alpha value is -3.88. The fraction of sp³-hybridized carbons (Fsp3) is 0.304. The summed E-state index contributed by atoms with van der Waals surface area (Å²) in [5, 5.41) is 2.83. The van der Waals surface area contributed by atoms with Crippen molar-refractivity contribution in [3.05, 3.63) is 48.0 Å². The number of hydrogen-bond acceptors (Lipinski definition) is 7. The van der Waals surface area contributed by atoms with Crippen LogP contribution in [0.4, 0.5) is 16.3 Å². The van der Waals surface area contributed by atoms with E-state index in [1.807, 2.05) is 24.3 Å². The Bertz CT molecular complexity index is 1140. The lowest BCUT2D eigenvalue weighted by atomic mass is 10.1. The second-order valence-electron chi connectivity index (χ2n) is 7.44. The molecule has 0 atom stereocenters. The van der Waals surface area contributed by atoms with Gasteiger partial charge in [-0.05, 0) is 43.3 Å². The lowest BCUT2D eigenvalue weighted by molar-refractivity contribution is 0.101. The Morgan fingerprint density at radius 1 is 0.906 bits per heavy atom. The van der Waals surface area contributed by atoms with Crippen LogP contribution in [0.3, 0.4) is 0 Å². The number of ether oxygens (including phenoxy) is 2. The van der Waals surface area contributed by atoms with Gasteiger partial charge in [-0.15, -0.1) is 0 Å². The van der Waals surface area contributed by atoms with E-state index in [1.54, 1.807) is 37.1 Å². The number of anilines is 2. The van der Waals surface area contributed by atoms with Gasteiger partial charge in [0.05, 0.1) is 25.3 Å². The van der Waals surface area contributed by atoms with Crippen LogP contribution in [-0.2, 0) is 0 Å². The molecule has 9 heteroatoms. The van der Waals surface area contributed by atoms with Crippen molar-refractivity contribution in [3.63, 3.8) is 0 Å². The number of nitrogens with zero attached hydrogens (tertiary/aromatic N) is 4. The number of rotatable bonds is 5. The molecule has 1 fully saturated rings. The van der Waals surface area contributed by atoms with E-state index >= 15 is 0 Å². The topological polar surface area (TPSA) is 96.9 Å². The third kappa shape index (κ3) is 4.41. The van der Waals surface area contributed by atoms with Crippen LogP contribution >= 0.6 is 0 Å². The zero-order chi connectivity index (χ0) is 22.7. The molecule has 9 nitrogen and oxygen atoms in total. The molecule has 1 saturated heterocycles. The second kappa shape index (κ2) is 9.09. The van der Waals surface area contributed by atoms with E-state index in [-0.39, 0.29) is 23.5 Å². The maximum absolute atomic E-state index is 12.9. The van der Waals surface area contributed by atoms with Gasteiger partial charge in [0, 0.05) is 43.5 Å². The fourth-order valence-electron chi connectivity index (χ4n) is 3.62. The molecule has 4 rings (SSSR count). The highest BCUT2D eigenvalue weighted by Gasteiger charge is 2.23. The number of carbonyl (C=O) groups is 2. The number of Topliss-reactive ketones (excluding diaryl/α,β-unsaturated/α-hetero) is 1. The van der Waals surface area contributed by atoms with Crippen molar-refractivity contribution in [3.8, 4) is 11.6 Å². The van der Waals surface area contributed by atoms with Gasteiger partial charge in [-0.1, -0.05) is 0 Å². The van der Waals surface area contributed by atoms with Crippen molar-refractivity contribution < 1.29 is 19.1 Å². The third-order valence-corrected chi connectivity index (χ3v) is 5.46. The Morgan fingerprint density at radius 2 is 1.62 bits per heavy atom. The van der Waals surface area contributed by atoms with Gasteiger partial charge < -0.3 is 19.3 Å². The maximum atomic E-state index is 12.9. The van der Waals surface area contributed by atoms with Crippen molar-refractivity contribution in [2.45, 2.75) is 6.92 Å². The van der Waals surface area contributed by atoms with Crippen LogP contribution in [0.25, 0.3) is 11.0 Å². The molecule has 0 unspecified atom stereocenters. The van der Waals surface area contributed by atoms with E-state index < -0.39 is 0 Å². The summed E-state index contributed by atoms with van der Waals surface area (Å²) in [7, 11) is 3.07. The average Bonchev–Trinajstić information content (AvgIpc) is 2.83. The predicted molar refractivity (Wildman–Crippen MR) is 122 cm³/mol. The van der Waals surface area contributed by atoms with Gasteiger partial charge in [0.2, 0.25) is 0 Å². The average molecular weight is 435 g/mol. The van der Waals surface area contributed by atoms with E-state index in [2.05, 4.69) is 20.2 Å². The summed E-state index contributed by atoms with van der Waals surface area (Å²) in [5.41, 5.74) is 2.97. The molecule has 2 heterocycles. The quantitative estimate of drug-likeness (QED) is 0.615. The number of hydrogen-bond donors (Lipinski definition) is 1. The molecule has 1 N–H and O–H groups in total. The predicted octanol–water partition coefficient (Wildman–Crippen LogP) is 3.20. The minimum atomic E-state index is -0.253. The normalized spacial score (nSPS) is 13.7. The van der Waals surface area contributed by atoms with Crippen LogP contribution in [0.15, 0.2) is 42.5 Å². The van der Waals surface area contributed by atoms with E-state index in [1.165, 1.54) is 7.11 Å². The van der Waals surface area contributed by atoms with Crippen LogP contribution in [0.2, 0.25) is 0 Å². The molecule has 0 aliphatic carbocycles. The number of carbonyl (C=O) groups excluding carboxylic acids is 2. The van der Waals surface area contributed by atoms with E-state index in [9.17, 15) is 9.59 Å². The molecule has 166 valence electrons. The zero-order valence-corrected chi connectivity index (χ0v) is 18.3. The largest absolute Gasteiger partial charge is 0.497 e. The first kappa shape index (κ1) is 21.4. The minimum absolute atomic E-state index is 0.0457. The molecular weight excluding hydrogens is 410 g/mol. The summed E-state index contributed by atoms with van der Waals surface area (Å²) >= 11 is 0. The van der Waals surface area contributed by atoms with Crippen LogP contribution in [-0.4, -0.2) is 67.1 Å². The molecule has 1 aliphatic rings. The molecule has 0 saturated carbocycles. The summed E-state index contributed by atoms with van der Waals surface area (Å²) < 4.78 is 10.6. The van der Waals surface area contributed by atoms with Crippen LogP contribution < -0.4 is 19.7 Å².